The largest absolute Gasteiger partial charge is 0.356 e. The van der Waals surface area contributed by atoms with E-state index in [0.717, 1.165) is 25.6 Å². The molecule has 2 aromatic rings. The number of benzene rings is 1. The quantitative estimate of drug-likeness (QED) is 0.504. The minimum atomic E-state index is 0.502. The number of aliphatic imine (C=N–C) groups is 1. The Hall–Kier alpha value is -1.89. The molecule has 168 valence electrons. The molecule has 4 rings (SSSR count). The number of piperidine rings is 1. The van der Waals surface area contributed by atoms with Crippen molar-refractivity contribution in [3.05, 3.63) is 57.8 Å². The lowest BCUT2D eigenvalue weighted by Gasteiger charge is -2.39. The van der Waals surface area contributed by atoms with E-state index in [1.165, 1.54) is 61.3 Å². The molecule has 0 saturated carbocycles. The van der Waals surface area contributed by atoms with Crippen LogP contribution in [0.15, 0.2) is 46.8 Å². The monoisotopic (exact) mass is 439 g/mol. The summed E-state index contributed by atoms with van der Waals surface area (Å²) in [5, 5.41) is 9.28. The molecule has 2 aliphatic rings. The molecule has 0 radical (unpaired) electrons. The second-order valence-electron chi connectivity index (χ2n) is 8.95. The Morgan fingerprint density at radius 2 is 1.81 bits per heavy atom. The van der Waals surface area contributed by atoms with Crippen LogP contribution in [0.2, 0.25) is 0 Å². The van der Waals surface area contributed by atoms with Crippen LogP contribution in [0.5, 0.6) is 0 Å². The molecule has 2 unspecified atom stereocenters. The third-order valence-corrected chi connectivity index (χ3v) is 7.63. The molecular weight excluding hydrogens is 402 g/mol. The van der Waals surface area contributed by atoms with Gasteiger partial charge in [-0.15, -0.1) is 11.3 Å². The Balaban J connectivity index is 1.26. The van der Waals surface area contributed by atoms with Crippen molar-refractivity contribution in [1.29, 1.82) is 0 Å². The topological polar surface area (TPSA) is 42.9 Å². The molecular formula is C25H37N5S. The lowest BCUT2D eigenvalue weighted by molar-refractivity contribution is 0.125. The van der Waals surface area contributed by atoms with E-state index in [2.05, 4.69) is 74.3 Å². The number of guanidine groups is 1. The Labute approximate surface area is 191 Å². The minimum absolute atomic E-state index is 0.502. The normalized spacial score (nSPS) is 23.2. The molecule has 2 saturated heterocycles. The van der Waals surface area contributed by atoms with E-state index in [0.29, 0.717) is 12.0 Å². The molecule has 1 aromatic carbocycles. The molecule has 31 heavy (non-hydrogen) atoms. The van der Waals surface area contributed by atoms with Crippen molar-refractivity contribution in [3.63, 3.8) is 0 Å². The zero-order chi connectivity index (χ0) is 21.5. The summed E-state index contributed by atoms with van der Waals surface area (Å²) in [6.07, 6.45) is 5.22. The number of hydrogen-bond acceptors (Lipinski definition) is 4. The first-order valence-corrected chi connectivity index (χ1v) is 12.6. The van der Waals surface area contributed by atoms with E-state index in [4.69, 9.17) is 0 Å². The van der Waals surface area contributed by atoms with Gasteiger partial charge in [-0.2, -0.15) is 0 Å². The molecule has 5 nitrogen and oxygen atoms in total. The second-order valence-corrected chi connectivity index (χ2v) is 9.93. The van der Waals surface area contributed by atoms with Gasteiger partial charge >= 0.3 is 0 Å². The van der Waals surface area contributed by atoms with Gasteiger partial charge in [0.25, 0.3) is 0 Å². The first kappa shape index (κ1) is 22.3. The fraction of sp³-hybridized carbons (Fsp3) is 0.560. The summed E-state index contributed by atoms with van der Waals surface area (Å²) in [5.41, 5.74) is 2.70. The standard InChI is InChI=1S/C25H37N5S/c1-26-25(27-17-20-9-11-21(12-10-20)19-30-14-3-4-15-30)28-18-22-7-5-13-29(2)24(22)23-8-6-16-31-23/h6,8-12,16,22,24H,3-5,7,13-15,17-19H2,1-2H3,(H2,26,27,28). The predicted molar refractivity (Wildman–Crippen MR) is 132 cm³/mol. The summed E-state index contributed by atoms with van der Waals surface area (Å²) in [5.74, 6) is 1.49. The van der Waals surface area contributed by atoms with Crippen LogP contribution in [0.1, 0.15) is 47.7 Å². The van der Waals surface area contributed by atoms with Gasteiger partial charge in [-0.3, -0.25) is 14.8 Å². The van der Waals surface area contributed by atoms with Crippen LogP contribution in [-0.4, -0.2) is 56.0 Å². The molecule has 3 heterocycles. The van der Waals surface area contributed by atoms with Gasteiger partial charge in [0.15, 0.2) is 5.96 Å². The molecule has 6 heteroatoms. The molecule has 0 amide bonds. The molecule has 2 N–H and O–H groups in total. The van der Waals surface area contributed by atoms with Gasteiger partial charge in [-0.1, -0.05) is 30.3 Å². The van der Waals surface area contributed by atoms with Crippen molar-refractivity contribution >= 4 is 17.3 Å². The van der Waals surface area contributed by atoms with Gasteiger partial charge in [0.2, 0.25) is 0 Å². The predicted octanol–water partition coefficient (Wildman–Crippen LogP) is 4.09. The van der Waals surface area contributed by atoms with Crippen molar-refractivity contribution < 1.29 is 0 Å². The molecule has 2 fully saturated rings. The summed E-state index contributed by atoms with van der Waals surface area (Å²) >= 11 is 1.88. The number of nitrogens with one attached hydrogen (secondary N) is 2. The van der Waals surface area contributed by atoms with Crippen LogP contribution < -0.4 is 10.6 Å². The van der Waals surface area contributed by atoms with E-state index in [1.807, 2.05) is 18.4 Å². The third kappa shape index (κ3) is 6.09. The Kier molecular flexibility index (Phi) is 8.00. The fourth-order valence-corrected chi connectivity index (χ4v) is 5.96. The molecule has 0 aliphatic carbocycles. The zero-order valence-corrected chi connectivity index (χ0v) is 19.8. The van der Waals surface area contributed by atoms with Crippen LogP contribution in [0, 0.1) is 5.92 Å². The Bertz CT molecular complexity index is 811. The first-order valence-electron chi connectivity index (χ1n) is 11.7. The van der Waals surface area contributed by atoms with E-state index in [-0.39, 0.29) is 0 Å². The van der Waals surface area contributed by atoms with Crippen LogP contribution in [-0.2, 0) is 13.1 Å². The molecule has 1 aromatic heterocycles. The van der Waals surface area contributed by atoms with Gasteiger partial charge in [0.1, 0.15) is 0 Å². The van der Waals surface area contributed by atoms with Crippen LogP contribution in [0.3, 0.4) is 0 Å². The smallest absolute Gasteiger partial charge is 0.191 e. The van der Waals surface area contributed by atoms with Crippen molar-refractivity contribution in [3.8, 4) is 0 Å². The molecule has 2 aliphatic heterocycles. The van der Waals surface area contributed by atoms with E-state index in [9.17, 15) is 0 Å². The summed E-state index contributed by atoms with van der Waals surface area (Å²) in [6.45, 7) is 6.49. The summed E-state index contributed by atoms with van der Waals surface area (Å²) in [4.78, 5) is 11.0. The van der Waals surface area contributed by atoms with E-state index >= 15 is 0 Å². The van der Waals surface area contributed by atoms with Crippen molar-refractivity contribution in [2.75, 3.05) is 40.3 Å². The van der Waals surface area contributed by atoms with Crippen molar-refractivity contribution in [1.82, 2.24) is 20.4 Å². The lowest BCUT2D eigenvalue weighted by Crippen LogP contribution is -2.44. The van der Waals surface area contributed by atoms with Gasteiger partial charge < -0.3 is 10.6 Å². The molecule has 0 spiro atoms. The number of rotatable bonds is 7. The summed E-state index contributed by atoms with van der Waals surface area (Å²) in [6, 6.07) is 14.0. The molecule has 0 bridgehead atoms. The third-order valence-electron chi connectivity index (χ3n) is 6.68. The zero-order valence-electron chi connectivity index (χ0n) is 19.0. The average molecular weight is 440 g/mol. The minimum Gasteiger partial charge on any atom is -0.356 e. The van der Waals surface area contributed by atoms with E-state index < -0.39 is 0 Å². The molecule has 2 atom stereocenters. The number of nitrogens with zero attached hydrogens (tertiary/aromatic N) is 3. The highest BCUT2D eigenvalue weighted by molar-refractivity contribution is 7.10. The Morgan fingerprint density at radius 3 is 2.52 bits per heavy atom. The van der Waals surface area contributed by atoms with Gasteiger partial charge in [-0.05, 0) is 80.9 Å². The van der Waals surface area contributed by atoms with Gasteiger partial charge in [0.05, 0.1) is 0 Å². The summed E-state index contributed by atoms with van der Waals surface area (Å²) in [7, 11) is 4.12. The average Bonchev–Trinajstić information content (AvgIpc) is 3.49. The Morgan fingerprint density at radius 1 is 1.03 bits per heavy atom. The highest BCUT2D eigenvalue weighted by atomic mass is 32.1. The van der Waals surface area contributed by atoms with Crippen LogP contribution >= 0.6 is 11.3 Å². The van der Waals surface area contributed by atoms with Gasteiger partial charge in [-0.25, -0.2) is 0 Å². The SMILES string of the molecule is CN=C(NCc1ccc(CN2CCCC2)cc1)NCC1CCCN(C)C1c1cccs1. The summed E-state index contributed by atoms with van der Waals surface area (Å²) < 4.78 is 0. The first-order chi connectivity index (χ1) is 15.2. The van der Waals surface area contributed by atoms with Crippen molar-refractivity contribution in [2.45, 2.75) is 44.8 Å². The highest BCUT2D eigenvalue weighted by Crippen LogP contribution is 2.36. The number of likely N-dealkylation sites (tertiary alicyclic amines) is 2. The van der Waals surface area contributed by atoms with Crippen molar-refractivity contribution in [2.24, 2.45) is 10.9 Å². The van der Waals surface area contributed by atoms with Crippen LogP contribution in [0.25, 0.3) is 0 Å². The number of thiophene rings is 1. The maximum atomic E-state index is 4.46. The maximum absolute atomic E-state index is 4.46. The number of hydrogen-bond donors (Lipinski definition) is 2. The van der Waals surface area contributed by atoms with E-state index in [1.54, 1.807) is 0 Å². The fourth-order valence-electron chi connectivity index (χ4n) is 4.98. The maximum Gasteiger partial charge on any atom is 0.191 e. The van der Waals surface area contributed by atoms with Gasteiger partial charge in [0, 0.05) is 37.6 Å². The van der Waals surface area contributed by atoms with Crippen LogP contribution in [0.4, 0.5) is 0 Å². The lowest BCUT2D eigenvalue weighted by atomic mass is 9.88. The highest BCUT2D eigenvalue weighted by Gasteiger charge is 2.31. The second kappa shape index (κ2) is 11.1.